The Balaban J connectivity index is 2.60. The van der Waals surface area contributed by atoms with Crippen molar-refractivity contribution in [3.05, 3.63) is 16.1 Å². The fourth-order valence-corrected chi connectivity index (χ4v) is 2.50. The minimum Gasteiger partial charge on any atom is -0.481 e. The first-order valence-electron chi connectivity index (χ1n) is 5.95. The third-order valence-corrected chi connectivity index (χ3v) is 3.34. The summed E-state index contributed by atoms with van der Waals surface area (Å²) in [6.07, 6.45) is 2.70. The van der Waals surface area contributed by atoms with E-state index in [4.69, 9.17) is 9.84 Å². The van der Waals surface area contributed by atoms with E-state index in [2.05, 4.69) is 11.9 Å². The van der Waals surface area contributed by atoms with Crippen molar-refractivity contribution in [1.29, 1.82) is 0 Å². The quantitative estimate of drug-likeness (QED) is 0.777. The molecule has 0 spiro atoms. The molecule has 1 aromatic heterocycles. The SMILES string of the molecule is CCCC(OCC)c1nc(CCC(=O)O)cs1. The van der Waals surface area contributed by atoms with Gasteiger partial charge < -0.3 is 9.84 Å². The fraction of sp³-hybridized carbons (Fsp3) is 0.667. The molecule has 0 bridgehead atoms. The van der Waals surface area contributed by atoms with Crippen molar-refractivity contribution in [3.8, 4) is 0 Å². The van der Waals surface area contributed by atoms with Crippen LogP contribution in [0.1, 0.15) is 49.9 Å². The number of hydrogen-bond donors (Lipinski definition) is 1. The molecule has 0 aromatic carbocycles. The zero-order chi connectivity index (χ0) is 12.7. The van der Waals surface area contributed by atoms with Gasteiger partial charge in [0.25, 0.3) is 0 Å². The number of carboxylic acid groups (broad SMARTS) is 1. The molecule has 0 fully saturated rings. The zero-order valence-corrected chi connectivity index (χ0v) is 11.1. The highest BCUT2D eigenvalue weighted by Crippen LogP contribution is 2.26. The van der Waals surface area contributed by atoms with Gasteiger partial charge in [-0.05, 0) is 13.3 Å². The highest BCUT2D eigenvalue weighted by molar-refractivity contribution is 7.09. The minimum absolute atomic E-state index is 0.0635. The molecule has 0 saturated heterocycles. The standard InChI is InChI=1S/C12H19NO3S/c1-3-5-10(16-4-2)12-13-9(8-17-12)6-7-11(14)15/h8,10H,3-7H2,1-2H3,(H,14,15). The number of carboxylic acids is 1. The van der Waals surface area contributed by atoms with Gasteiger partial charge in [-0.3, -0.25) is 4.79 Å². The molecule has 0 amide bonds. The van der Waals surface area contributed by atoms with E-state index >= 15 is 0 Å². The molecule has 1 aromatic rings. The predicted octanol–water partition coefficient (Wildman–Crippen LogP) is 3.04. The van der Waals surface area contributed by atoms with E-state index < -0.39 is 5.97 Å². The van der Waals surface area contributed by atoms with E-state index in [1.807, 2.05) is 12.3 Å². The van der Waals surface area contributed by atoms with Crippen LogP contribution in [0.3, 0.4) is 0 Å². The Kier molecular flexibility index (Phi) is 6.15. The van der Waals surface area contributed by atoms with Crippen LogP contribution in [0.4, 0.5) is 0 Å². The van der Waals surface area contributed by atoms with E-state index in [-0.39, 0.29) is 12.5 Å². The third kappa shape index (κ3) is 4.83. The van der Waals surface area contributed by atoms with Crippen LogP contribution in [-0.4, -0.2) is 22.7 Å². The summed E-state index contributed by atoms with van der Waals surface area (Å²) in [5.41, 5.74) is 0.855. The Bertz CT molecular complexity index is 345. The summed E-state index contributed by atoms with van der Waals surface area (Å²) in [5, 5.41) is 11.5. The van der Waals surface area contributed by atoms with Crippen LogP contribution in [0.5, 0.6) is 0 Å². The number of carbonyl (C=O) groups is 1. The lowest BCUT2D eigenvalue weighted by molar-refractivity contribution is -0.136. The average Bonchev–Trinajstić information content (AvgIpc) is 2.74. The van der Waals surface area contributed by atoms with E-state index in [0.29, 0.717) is 13.0 Å². The molecule has 1 atom stereocenters. The lowest BCUT2D eigenvalue weighted by atomic mass is 10.2. The molecule has 1 heterocycles. The summed E-state index contributed by atoms with van der Waals surface area (Å²) in [5.74, 6) is -0.783. The van der Waals surface area contributed by atoms with Gasteiger partial charge in [0.05, 0.1) is 12.1 Å². The van der Waals surface area contributed by atoms with Gasteiger partial charge in [-0.1, -0.05) is 13.3 Å². The molecule has 0 aliphatic heterocycles. The summed E-state index contributed by atoms with van der Waals surface area (Å²) in [4.78, 5) is 14.9. The molecule has 0 aliphatic carbocycles. The number of ether oxygens (including phenoxy) is 1. The molecule has 5 heteroatoms. The maximum absolute atomic E-state index is 10.5. The lowest BCUT2D eigenvalue weighted by Gasteiger charge is -2.12. The number of aliphatic carboxylic acids is 1. The molecule has 1 rings (SSSR count). The first kappa shape index (κ1) is 14.1. The van der Waals surface area contributed by atoms with Crippen LogP contribution in [0, 0.1) is 0 Å². The summed E-state index contributed by atoms with van der Waals surface area (Å²) in [6.45, 7) is 4.77. The monoisotopic (exact) mass is 257 g/mol. The molecule has 96 valence electrons. The van der Waals surface area contributed by atoms with Gasteiger partial charge in [-0.2, -0.15) is 0 Å². The molecule has 1 N–H and O–H groups in total. The normalized spacial score (nSPS) is 12.6. The second-order valence-corrected chi connectivity index (χ2v) is 4.69. The van der Waals surface area contributed by atoms with Crippen LogP contribution in [-0.2, 0) is 16.0 Å². The lowest BCUT2D eigenvalue weighted by Crippen LogP contribution is -2.04. The number of rotatable bonds is 8. The maximum atomic E-state index is 10.5. The Morgan fingerprint density at radius 2 is 2.35 bits per heavy atom. The summed E-state index contributed by atoms with van der Waals surface area (Å²) >= 11 is 1.56. The van der Waals surface area contributed by atoms with Crippen LogP contribution >= 0.6 is 11.3 Å². The van der Waals surface area contributed by atoms with Crippen molar-refractivity contribution in [2.24, 2.45) is 0 Å². The summed E-state index contributed by atoms with van der Waals surface area (Å²) in [7, 11) is 0. The first-order valence-corrected chi connectivity index (χ1v) is 6.83. The average molecular weight is 257 g/mol. The molecular weight excluding hydrogens is 238 g/mol. The van der Waals surface area contributed by atoms with Gasteiger partial charge in [-0.25, -0.2) is 4.98 Å². The molecule has 0 saturated carbocycles. The van der Waals surface area contributed by atoms with E-state index in [1.165, 1.54) is 0 Å². The van der Waals surface area contributed by atoms with Crippen molar-refractivity contribution < 1.29 is 14.6 Å². The van der Waals surface area contributed by atoms with Crippen LogP contribution < -0.4 is 0 Å². The van der Waals surface area contributed by atoms with Gasteiger partial charge in [-0.15, -0.1) is 11.3 Å². The topological polar surface area (TPSA) is 59.4 Å². The van der Waals surface area contributed by atoms with Gasteiger partial charge in [0.2, 0.25) is 0 Å². The summed E-state index contributed by atoms with van der Waals surface area (Å²) < 4.78 is 5.64. The number of hydrogen-bond acceptors (Lipinski definition) is 4. The van der Waals surface area contributed by atoms with E-state index in [1.54, 1.807) is 11.3 Å². The second kappa shape index (κ2) is 7.40. The Hall–Kier alpha value is -0.940. The molecule has 0 radical (unpaired) electrons. The molecule has 1 unspecified atom stereocenters. The van der Waals surface area contributed by atoms with Gasteiger partial charge in [0.1, 0.15) is 11.1 Å². The Labute approximate surface area is 106 Å². The van der Waals surface area contributed by atoms with Gasteiger partial charge in [0, 0.05) is 18.4 Å². The first-order chi connectivity index (χ1) is 8.17. The molecule has 17 heavy (non-hydrogen) atoms. The van der Waals surface area contributed by atoms with Crippen LogP contribution in [0.2, 0.25) is 0 Å². The van der Waals surface area contributed by atoms with Crippen LogP contribution in [0.25, 0.3) is 0 Å². The largest absolute Gasteiger partial charge is 0.481 e. The predicted molar refractivity (Wildman–Crippen MR) is 67.3 cm³/mol. The third-order valence-electron chi connectivity index (χ3n) is 2.36. The van der Waals surface area contributed by atoms with Crippen molar-refractivity contribution in [3.63, 3.8) is 0 Å². The molecular formula is C12H19NO3S. The highest BCUT2D eigenvalue weighted by Gasteiger charge is 2.15. The molecule has 0 aliphatic rings. The Morgan fingerprint density at radius 3 is 2.94 bits per heavy atom. The number of thiazole rings is 1. The zero-order valence-electron chi connectivity index (χ0n) is 10.3. The van der Waals surface area contributed by atoms with Gasteiger partial charge >= 0.3 is 5.97 Å². The summed E-state index contributed by atoms with van der Waals surface area (Å²) in [6, 6.07) is 0. The van der Waals surface area contributed by atoms with Crippen molar-refractivity contribution in [1.82, 2.24) is 4.98 Å². The number of nitrogens with zero attached hydrogens (tertiary/aromatic N) is 1. The van der Waals surface area contributed by atoms with Gasteiger partial charge in [0.15, 0.2) is 0 Å². The van der Waals surface area contributed by atoms with Crippen molar-refractivity contribution in [2.75, 3.05) is 6.61 Å². The second-order valence-electron chi connectivity index (χ2n) is 3.80. The smallest absolute Gasteiger partial charge is 0.303 e. The fourth-order valence-electron chi connectivity index (χ4n) is 1.56. The van der Waals surface area contributed by atoms with Crippen molar-refractivity contribution in [2.45, 2.75) is 45.6 Å². The van der Waals surface area contributed by atoms with Crippen LogP contribution in [0.15, 0.2) is 5.38 Å². The minimum atomic E-state index is -0.783. The number of aryl methyl sites for hydroxylation is 1. The highest BCUT2D eigenvalue weighted by atomic mass is 32.1. The molecule has 4 nitrogen and oxygen atoms in total. The van der Waals surface area contributed by atoms with E-state index in [9.17, 15) is 4.79 Å². The Morgan fingerprint density at radius 1 is 1.59 bits per heavy atom. The van der Waals surface area contributed by atoms with E-state index in [0.717, 1.165) is 23.5 Å². The number of aromatic nitrogens is 1. The maximum Gasteiger partial charge on any atom is 0.303 e. The van der Waals surface area contributed by atoms with Crippen molar-refractivity contribution >= 4 is 17.3 Å².